The molecule has 7 nitrogen and oxygen atoms in total. The van der Waals surface area contributed by atoms with Crippen molar-refractivity contribution in [3.8, 4) is 0 Å². The molecule has 0 saturated heterocycles. The van der Waals surface area contributed by atoms with Crippen LogP contribution in [0.4, 0.5) is 0 Å². The number of rotatable bonds is 1. The minimum Gasteiger partial charge on any atom is -0.505 e. The molecule has 2 unspecified atom stereocenters. The third-order valence-electron chi connectivity index (χ3n) is 4.00. The number of Topliss-reactive ketones (excluding diaryl/α,β-unsaturated/α-hetero) is 2. The van der Waals surface area contributed by atoms with Crippen LogP contribution in [-0.4, -0.2) is 37.5 Å². The Morgan fingerprint density at radius 2 is 2.00 bits per heavy atom. The number of hydrogen-bond donors (Lipinski definition) is 4. The zero-order valence-corrected chi connectivity index (χ0v) is 10.8. The van der Waals surface area contributed by atoms with Gasteiger partial charge in [0.25, 0.3) is 0 Å². The molecule has 0 amide bonds. The second kappa shape index (κ2) is 4.02. The van der Waals surface area contributed by atoms with Crippen molar-refractivity contribution in [1.82, 2.24) is 4.57 Å². The number of hydrogen-bond acceptors (Lipinski definition) is 6. The van der Waals surface area contributed by atoms with E-state index in [0.717, 1.165) is 0 Å². The molecular weight excluding hydrogens is 264 g/mol. The largest absolute Gasteiger partial charge is 0.505 e. The third-order valence-corrected chi connectivity index (χ3v) is 4.00. The van der Waals surface area contributed by atoms with Crippen LogP contribution in [0.2, 0.25) is 0 Å². The fraction of sp³-hybridized carbons (Fsp3) is 0.385. The summed E-state index contributed by atoms with van der Waals surface area (Å²) in [5.74, 6) is -1.87. The number of aliphatic hydroxyl groups excluding tert-OH is 3. The minimum atomic E-state index is -1.04. The third kappa shape index (κ3) is 1.34. The Bertz CT molecular complexity index is 685. The summed E-state index contributed by atoms with van der Waals surface area (Å²) >= 11 is 0. The second-order valence-corrected chi connectivity index (χ2v) is 5.10. The van der Waals surface area contributed by atoms with Gasteiger partial charge in [-0.1, -0.05) is 0 Å². The van der Waals surface area contributed by atoms with E-state index in [-0.39, 0.29) is 34.7 Å². The van der Waals surface area contributed by atoms with Crippen LogP contribution in [0.25, 0.3) is 5.76 Å². The Labute approximate surface area is 113 Å². The summed E-state index contributed by atoms with van der Waals surface area (Å²) < 4.78 is 1.51. The highest BCUT2D eigenvalue weighted by atomic mass is 16.3. The van der Waals surface area contributed by atoms with Gasteiger partial charge in [-0.05, 0) is 6.92 Å². The van der Waals surface area contributed by atoms with E-state index in [1.165, 1.54) is 11.5 Å². The fourth-order valence-electron chi connectivity index (χ4n) is 2.95. The lowest BCUT2D eigenvalue weighted by Gasteiger charge is -2.16. The van der Waals surface area contributed by atoms with Gasteiger partial charge < -0.3 is 25.6 Å². The average Bonchev–Trinajstić information content (AvgIpc) is 2.89. The van der Waals surface area contributed by atoms with Crippen LogP contribution < -0.4 is 5.73 Å². The van der Waals surface area contributed by atoms with E-state index in [1.807, 2.05) is 0 Å². The van der Waals surface area contributed by atoms with Crippen LogP contribution in [0.3, 0.4) is 0 Å². The van der Waals surface area contributed by atoms with Crippen molar-refractivity contribution in [2.45, 2.75) is 32.2 Å². The molecule has 0 aromatic carbocycles. The van der Waals surface area contributed by atoms with E-state index in [4.69, 9.17) is 5.73 Å². The maximum atomic E-state index is 12.1. The molecule has 0 spiro atoms. The highest BCUT2D eigenvalue weighted by Gasteiger charge is 2.43. The smallest absolute Gasteiger partial charge is 0.235 e. The number of carbonyl (C=O) groups is 2. The quantitative estimate of drug-likeness (QED) is 0.509. The molecule has 0 bridgehead atoms. The van der Waals surface area contributed by atoms with Crippen LogP contribution >= 0.6 is 0 Å². The first-order valence-electron chi connectivity index (χ1n) is 6.19. The Kier molecular flexibility index (Phi) is 2.62. The molecule has 1 aliphatic heterocycles. The standard InChI is InChI=1S/C13H14N2O5/c1-4-10(17)9-7(13(20)11(4)18)5(3-16)8-12(19)6(14)2-15(8)9/h6,12,16-17,19H,2-3,14H2,1H3. The maximum Gasteiger partial charge on any atom is 0.235 e. The van der Waals surface area contributed by atoms with Gasteiger partial charge in [-0.3, -0.25) is 9.59 Å². The van der Waals surface area contributed by atoms with Crippen LogP contribution in [-0.2, 0) is 17.9 Å². The van der Waals surface area contributed by atoms with Crippen molar-refractivity contribution in [2.75, 3.05) is 0 Å². The summed E-state index contributed by atoms with van der Waals surface area (Å²) in [6.45, 7) is 1.06. The van der Waals surface area contributed by atoms with E-state index < -0.39 is 30.3 Å². The molecule has 106 valence electrons. The number of aliphatic hydroxyl groups is 3. The average molecular weight is 278 g/mol. The van der Waals surface area contributed by atoms with Crippen LogP contribution in [0.15, 0.2) is 5.57 Å². The number of ketones is 2. The van der Waals surface area contributed by atoms with Crippen molar-refractivity contribution in [1.29, 1.82) is 0 Å². The Hall–Kier alpha value is -1.96. The number of nitrogens with two attached hydrogens (primary N) is 1. The molecule has 2 heterocycles. The molecule has 2 atom stereocenters. The van der Waals surface area contributed by atoms with E-state index in [0.29, 0.717) is 5.69 Å². The van der Waals surface area contributed by atoms with E-state index in [2.05, 4.69) is 0 Å². The van der Waals surface area contributed by atoms with E-state index in [1.54, 1.807) is 0 Å². The first-order valence-corrected chi connectivity index (χ1v) is 6.19. The predicted octanol–water partition coefficient (Wildman–Crippen LogP) is -0.591. The molecule has 20 heavy (non-hydrogen) atoms. The second-order valence-electron chi connectivity index (χ2n) is 5.10. The highest BCUT2D eigenvalue weighted by Crippen LogP contribution is 2.40. The first-order chi connectivity index (χ1) is 9.40. The zero-order valence-electron chi connectivity index (χ0n) is 10.8. The number of fused-ring (bicyclic) bond motifs is 3. The molecule has 2 aliphatic rings. The van der Waals surface area contributed by atoms with E-state index >= 15 is 0 Å². The van der Waals surface area contributed by atoms with Gasteiger partial charge in [-0.15, -0.1) is 0 Å². The lowest BCUT2D eigenvalue weighted by atomic mass is 9.90. The summed E-state index contributed by atoms with van der Waals surface area (Å²) in [7, 11) is 0. The van der Waals surface area contributed by atoms with Crippen molar-refractivity contribution in [3.05, 3.63) is 28.1 Å². The van der Waals surface area contributed by atoms with Gasteiger partial charge in [0.2, 0.25) is 11.6 Å². The van der Waals surface area contributed by atoms with Gasteiger partial charge >= 0.3 is 0 Å². The number of allylic oxidation sites excluding steroid dienone is 1. The monoisotopic (exact) mass is 278 g/mol. The Morgan fingerprint density at radius 3 is 2.60 bits per heavy atom. The molecule has 3 rings (SSSR count). The van der Waals surface area contributed by atoms with E-state index in [9.17, 15) is 24.9 Å². The van der Waals surface area contributed by atoms with Crippen LogP contribution in [0, 0.1) is 0 Å². The normalized spacial score (nSPS) is 25.2. The summed E-state index contributed by atoms with van der Waals surface area (Å²) in [4.78, 5) is 23.9. The van der Waals surface area contributed by atoms with Gasteiger partial charge in [0, 0.05) is 17.7 Å². The lowest BCUT2D eigenvalue weighted by Crippen LogP contribution is -2.28. The summed E-state index contributed by atoms with van der Waals surface area (Å²) in [5.41, 5.74) is 6.33. The molecule has 0 saturated carbocycles. The van der Waals surface area contributed by atoms with Gasteiger partial charge in [0.15, 0.2) is 0 Å². The molecule has 5 N–H and O–H groups in total. The Morgan fingerprint density at radius 1 is 1.35 bits per heavy atom. The van der Waals surface area contributed by atoms with Gasteiger partial charge in [0.05, 0.1) is 29.6 Å². The summed E-state index contributed by atoms with van der Waals surface area (Å²) in [6.07, 6.45) is -1.04. The minimum absolute atomic E-state index is 0.0263. The number of nitrogens with zero attached hydrogens (tertiary/aromatic N) is 1. The molecule has 0 fully saturated rings. The molecule has 1 aromatic rings. The first kappa shape index (κ1) is 13.0. The van der Waals surface area contributed by atoms with Gasteiger partial charge in [-0.2, -0.15) is 0 Å². The highest BCUT2D eigenvalue weighted by molar-refractivity contribution is 6.52. The topological polar surface area (TPSA) is 126 Å². The molecule has 1 aromatic heterocycles. The number of carbonyl (C=O) groups excluding carboxylic acids is 2. The lowest BCUT2D eigenvalue weighted by molar-refractivity contribution is -0.111. The zero-order chi connectivity index (χ0) is 14.8. The van der Waals surface area contributed by atoms with Gasteiger partial charge in [-0.25, -0.2) is 0 Å². The van der Waals surface area contributed by atoms with Crippen molar-refractivity contribution in [3.63, 3.8) is 0 Å². The molecule has 7 heteroatoms. The predicted molar refractivity (Wildman–Crippen MR) is 67.9 cm³/mol. The maximum absolute atomic E-state index is 12.1. The molecule has 0 radical (unpaired) electrons. The van der Waals surface area contributed by atoms with Crippen LogP contribution in [0.1, 0.15) is 40.3 Å². The molecular formula is C13H14N2O5. The van der Waals surface area contributed by atoms with Crippen LogP contribution in [0.5, 0.6) is 0 Å². The van der Waals surface area contributed by atoms with Crippen molar-refractivity contribution < 1.29 is 24.9 Å². The van der Waals surface area contributed by atoms with Gasteiger partial charge in [0.1, 0.15) is 11.9 Å². The van der Waals surface area contributed by atoms with Crippen molar-refractivity contribution in [2.24, 2.45) is 5.73 Å². The SMILES string of the molecule is CC1=C(O)c2c(c(CO)c3n2CC(N)C3O)C(=O)C1=O. The van der Waals surface area contributed by atoms with Crippen molar-refractivity contribution >= 4 is 17.3 Å². The Balaban J connectivity index is 2.39. The fourth-order valence-corrected chi connectivity index (χ4v) is 2.95. The summed E-state index contributed by atoms with van der Waals surface area (Å²) in [5, 5.41) is 29.7. The number of aromatic nitrogens is 1. The molecule has 1 aliphatic carbocycles. The summed E-state index contributed by atoms with van der Waals surface area (Å²) in [6, 6.07) is -0.582.